The van der Waals surface area contributed by atoms with Crippen molar-refractivity contribution >= 4 is 33.8 Å². The van der Waals surface area contributed by atoms with Crippen molar-refractivity contribution in [3.63, 3.8) is 0 Å². The molecule has 0 unspecified atom stereocenters. The minimum atomic E-state index is -3.71. The largest absolute Gasteiger partial charge is 0.345 e. The quantitative estimate of drug-likeness (QED) is 0.484. The van der Waals surface area contributed by atoms with Crippen molar-refractivity contribution in [2.75, 3.05) is 4.72 Å². The second kappa shape index (κ2) is 8.80. The first-order valence-electron chi connectivity index (χ1n) is 9.33. The first-order valence-corrected chi connectivity index (χ1v) is 11.2. The second-order valence-electron chi connectivity index (χ2n) is 6.80. The molecule has 3 N–H and O–H groups in total. The van der Waals surface area contributed by atoms with Crippen LogP contribution < -0.4 is 10.0 Å². The zero-order valence-electron chi connectivity index (χ0n) is 16.9. The van der Waals surface area contributed by atoms with Crippen LogP contribution in [0.4, 0.5) is 5.69 Å². The molecular formula is C20H23N5O3S2. The zero-order valence-corrected chi connectivity index (χ0v) is 18.5. The SMILES string of the molecule is CCn1c(CNC(=O)c2ccc(NS(=O)(=O)c3ccc(C)c(C)c3)cc2)n[nH]c1=S. The molecule has 3 rings (SSSR count). The Morgan fingerprint density at radius 3 is 2.47 bits per heavy atom. The number of carbonyl (C=O) groups is 1. The molecule has 1 aromatic heterocycles. The van der Waals surface area contributed by atoms with Crippen LogP contribution in [0.3, 0.4) is 0 Å². The molecule has 0 radical (unpaired) electrons. The van der Waals surface area contributed by atoms with E-state index in [-0.39, 0.29) is 17.3 Å². The maximum Gasteiger partial charge on any atom is 0.261 e. The third-order valence-electron chi connectivity index (χ3n) is 4.75. The maximum atomic E-state index is 12.6. The third-order valence-corrected chi connectivity index (χ3v) is 6.44. The van der Waals surface area contributed by atoms with E-state index in [2.05, 4.69) is 20.2 Å². The second-order valence-corrected chi connectivity index (χ2v) is 8.87. The summed E-state index contributed by atoms with van der Waals surface area (Å²) in [5.41, 5.74) is 2.69. The normalized spacial score (nSPS) is 11.3. The number of carbonyl (C=O) groups excluding carboxylic acids is 1. The van der Waals surface area contributed by atoms with Crippen LogP contribution in [0, 0.1) is 18.6 Å². The summed E-state index contributed by atoms with van der Waals surface area (Å²) in [6.45, 7) is 6.60. The van der Waals surface area contributed by atoms with Gasteiger partial charge >= 0.3 is 0 Å². The summed E-state index contributed by atoms with van der Waals surface area (Å²) in [6, 6.07) is 11.2. The fourth-order valence-corrected chi connectivity index (χ4v) is 4.28. The molecule has 10 heteroatoms. The van der Waals surface area contributed by atoms with Crippen molar-refractivity contribution in [1.82, 2.24) is 20.1 Å². The Balaban J connectivity index is 1.67. The van der Waals surface area contributed by atoms with Gasteiger partial charge in [-0.25, -0.2) is 8.42 Å². The highest BCUT2D eigenvalue weighted by Crippen LogP contribution is 2.19. The van der Waals surface area contributed by atoms with E-state index in [1.54, 1.807) is 47.0 Å². The first-order chi connectivity index (χ1) is 14.2. The lowest BCUT2D eigenvalue weighted by Crippen LogP contribution is -2.24. The maximum absolute atomic E-state index is 12.6. The fourth-order valence-electron chi connectivity index (χ4n) is 2.86. The summed E-state index contributed by atoms with van der Waals surface area (Å²) in [4.78, 5) is 12.6. The Kier molecular flexibility index (Phi) is 6.37. The van der Waals surface area contributed by atoms with E-state index in [1.165, 1.54) is 0 Å². The van der Waals surface area contributed by atoms with Gasteiger partial charge in [-0.1, -0.05) is 6.07 Å². The van der Waals surface area contributed by atoms with Gasteiger partial charge in [0.25, 0.3) is 15.9 Å². The molecule has 0 saturated carbocycles. The van der Waals surface area contributed by atoms with Gasteiger partial charge in [0.1, 0.15) is 0 Å². The van der Waals surface area contributed by atoms with Crippen LogP contribution in [0.1, 0.15) is 34.2 Å². The number of anilines is 1. The number of aryl methyl sites for hydroxylation is 2. The van der Waals surface area contributed by atoms with Gasteiger partial charge in [0, 0.05) is 17.8 Å². The number of hydrogen-bond donors (Lipinski definition) is 3. The molecule has 2 aromatic carbocycles. The van der Waals surface area contributed by atoms with Gasteiger partial charge in [0.15, 0.2) is 10.6 Å². The van der Waals surface area contributed by atoms with E-state index in [1.807, 2.05) is 20.8 Å². The van der Waals surface area contributed by atoms with E-state index in [0.717, 1.165) is 11.1 Å². The number of H-pyrrole nitrogens is 1. The van der Waals surface area contributed by atoms with Crippen LogP contribution >= 0.6 is 12.2 Å². The van der Waals surface area contributed by atoms with E-state index < -0.39 is 10.0 Å². The van der Waals surface area contributed by atoms with E-state index in [9.17, 15) is 13.2 Å². The molecule has 0 bridgehead atoms. The summed E-state index contributed by atoms with van der Waals surface area (Å²) in [7, 11) is -3.71. The molecule has 158 valence electrons. The Morgan fingerprint density at radius 1 is 1.13 bits per heavy atom. The summed E-state index contributed by atoms with van der Waals surface area (Å²) in [5, 5.41) is 9.58. The van der Waals surface area contributed by atoms with Crippen LogP contribution in [0.5, 0.6) is 0 Å². The van der Waals surface area contributed by atoms with Gasteiger partial charge < -0.3 is 9.88 Å². The minimum Gasteiger partial charge on any atom is -0.345 e. The topological polar surface area (TPSA) is 109 Å². The van der Waals surface area contributed by atoms with Crippen LogP contribution in [-0.4, -0.2) is 29.1 Å². The van der Waals surface area contributed by atoms with Crippen LogP contribution in [0.15, 0.2) is 47.4 Å². The first kappa shape index (κ1) is 21.7. The molecule has 0 atom stereocenters. The number of benzene rings is 2. The molecular weight excluding hydrogens is 422 g/mol. The van der Waals surface area contributed by atoms with Gasteiger partial charge in [0.05, 0.1) is 11.4 Å². The summed E-state index contributed by atoms with van der Waals surface area (Å²) < 4.78 is 30.0. The van der Waals surface area contributed by atoms with Gasteiger partial charge in [-0.3, -0.25) is 14.6 Å². The lowest BCUT2D eigenvalue weighted by molar-refractivity contribution is 0.0949. The molecule has 0 fully saturated rings. The van der Waals surface area contributed by atoms with Gasteiger partial charge in [0.2, 0.25) is 0 Å². The fraction of sp³-hybridized carbons (Fsp3) is 0.250. The van der Waals surface area contributed by atoms with E-state index >= 15 is 0 Å². The molecule has 1 amide bonds. The van der Waals surface area contributed by atoms with Crippen molar-refractivity contribution in [1.29, 1.82) is 0 Å². The van der Waals surface area contributed by atoms with Gasteiger partial charge in [-0.05, 0) is 80.5 Å². The average molecular weight is 446 g/mol. The highest BCUT2D eigenvalue weighted by molar-refractivity contribution is 7.92. The third kappa shape index (κ3) is 4.77. The highest BCUT2D eigenvalue weighted by Gasteiger charge is 2.15. The van der Waals surface area contributed by atoms with Crippen LogP contribution in [-0.2, 0) is 23.1 Å². The van der Waals surface area contributed by atoms with Crippen molar-refractivity contribution in [2.24, 2.45) is 0 Å². The summed E-state index contributed by atoms with van der Waals surface area (Å²) in [6.07, 6.45) is 0. The molecule has 3 aromatic rings. The molecule has 30 heavy (non-hydrogen) atoms. The molecule has 1 heterocycles. The number of aromatic amines is 1. The van der Waals surface area contributed by atoms with Crippen molar-refractivity contribution < 1.29 is 13.2 Å². The monoisotopic (exact) mass is 445 g/mol. The molecule has 8 nitrogen and oxygen atoms in total. The molecule has 0 saturated heterocycles. The molecule has 0 aliphatic heterocycles. The number of rotatable bonds is 7. The number of nitrogens with one attached hydrogen (secondary N) is 3. The van der Waals surface area contributed by atoms with Crippen molar-refractivity contribution in [3.8, 4) is 0 Å². The predicted molar refractivity (Wildman–Crippen MR) is 117 cm³/mol. The number of sulfonamides is 1. The van der Waals surface area contributed by atoms with E-state index in [4.69, 9.17) is 12.2 Å². The van der Waals surface area contributed by atoms with Crippen LogP contribution in [0.25, 0.3) is 0 Å². The number of nitrogens with zero attached hydrogens (tertiary/aromatic N) is 2. The number of hydrogen-bond acceptors (Lipinski definition) is 5. The molecule has 0 aliphatic carbocycles. The Labute approximate surface area is 180 Å². The number of aromatic nitrogens is 3. The minimum absolute atomic E-state index is 0.191. The standard InChI is InChI=1S/C20H23N5O3S2/c1-4-25-18(22-23-20(25)29)12-21-19(26)15-6-8-16(9-7-15)24-30(27,28)17-10-5-13(2)14(3)11-17/h5-11,24H,4,12H2,1-3H3,(H,21,26)(H,23,29). The van der Waals surface area contributed by atoms with Gasteiger partial charge in [-0.2, -0.15) is 5.10 Å². The van der Waals surface area contributed by atoms with E-state index in [0.29, 0.717) is 28.4 Å². The Bertz CT molecular complexity index is 1230. The smallest absolute Gasteiger partial charge is 0.261 e. The molecule has 0 aliphatic rings. The van der Waals surface area contributed by atoms with Crippen molar-refractivity contribution in [2.45, 2.75) is 38.8 Å². The highest BCUT2D eigenvalue weighted by atomic mass is 32.2. The Hall–Kier alpha value is -2.98. The number of amides is 1. The summed E-state index contributed by atoms with van der Waals surface area (Å²) >= 11 is 5.13. The average Bonchev–Trinajstić information content (AvgIpc) is 3.07. The van der Waals surface area contributed by atoms with Crippen LogP contribution in [0.2, 0.25) is 0 Å². The summed E-state index contributed by atoms with van der Waals surface area (Å²) in [5.74, 6) is 0.337. The lowest BCUT2D eigenvalue weighted by Gasteiger charge is -2.11. The van der Waals surface area contributed by atoms with Gasteiger partial charge in [-0.15, -0.1) is 0 Å². The zero-order chi connectivity index (χ0) is 21.9. The lowest BCUT2D eigenvalue weighted by atomic mass is 10.1. The predicted octanol–water partition coefficient (Wildman–Crippen LogP) is 3.31. The van der Waals surface area contributed by atoms with Crippen molar-refractivity contribution in [3.05, 3.63) is 69.8 Å². The molecule has 0 spiro atoms. The Morgan fingerprint density at radius 2 is 1.83 bits per heavy atom.